The van der Waals surface area contributed by atoms with Crippen molar-refractivity contribution in [3.05, 3.63) is 39.5 Å². The Morgan fingerprint density at radius 3 is 2.81 bits per heavy atom. The van der Waals surface area contributed by atoms with Gasteiger partial charge in [0.05, 0.1) is 16.8 Å². The minimum Gasteiger partial charge on any atom is -0.461 e. The summed E-state index contributed by atoms with van der Waals surface area (Å²) in [4.78, 5) is 23.3. The summed E-state index contributed by atoms with van der Waals surface area (Å²) >= 11 is 2.81. The number of nitrogens with zero attached hydrogens (tertiary/aromatic N) is 4. The lowest BCUT2D eigenvalue weighted by Gasteiger charge is -2.01. The van der Waals surface area contributed by atoms with Gasteiger partial charge in [0.25, 0.3) is 5.91 Å². The van der Waals surface area contributed by atoms with Crippen molar-refractivity contribution in [3.63, 3.8) is 0 Å². The molecule has 0 unspecified atom stereocenters. The number of thiophene rings is 1. The van der Waals surface area contributed by atoms with Crippen LogP contribution in [0.2, 0.25) is 0 Å². The molecule has 0 bridgehead atoms. The van der Waals surface area contributed by atoms with Crippen LogP contribution in [0.4, 0.5) is 5.13 Å². The molecule has 0 aromatic carbocycles. The van der Waals surface area contributed by atoms with Crippen molar-refractivity contribution in [1.82, 2.24) is 20.2 Å². The second kappa shape index (κ2) is 6.21. The van der Waals surface area contributed by atoms with Gasteiger partial charge < -0.3 is 4.42 Å². The fraction of sp³-hybridized carbons (Fsp3) is 0.278. The second-order valence-electron chi connectivity index (χ2n) is 6.52. The lowest BCUT2D eigenvalue weighted by Crippen LogP contribution is -2.11. The van der Waals surface area contributed by atoms with E-state index in [1.807, 2.05) is 19.9 Å². The molecule has 0 aliphatic heterocycles. The number of fused-ring (bicyclic) bond motifs is 1. The molecular weight excluding hydrogens is 382 g/mol. The van der Waals surface area contributed by atoms with Crippen LogP contribution < -0.4 is 5.32 Å². The Morgan fingerprint density at radius 1 is 1.22 bits per heavy atom. The summed E-state index contributed by atoms with van der Waals surface area (Å²) in [7, 11) is 0. The number of amides is 1. The number of aryl methyl sites for hydroxylation is 2. The van der Waals surface area contributed by atoms with E-state index in [2.05, 4.69) is 25.5 Å². The monoisotopic (exact) mass is 397 g/mol. The van der Waals surface area contributed by atoms with E-state index in [0.717, 1.165) is 39.3 Å². The Bertz CT molecular complexity index is 1160. The molecule has 1 saturated carbocycles. The van der Waals surface area contributed by atoms with E-state index in [0.29, 0.717) is 27.5 Å². The van der Waals surface area contributed by atoms with Crippen LogP contribution in [0.5, 0.6) is 0 Å². The van der Waals surface area contributed by atoms with Crippen molar-refractivity contribution in [2.45, 2.75) is 32.6 Å². The van der Waals surface area contributed by atoms with Crippen molar-refractivity contribution < 1.29 is 9.21 Å². The first-order chi connectivity index (χ1) is 13.1. The van der Waals surface area contributed by atoms with E-state index in [9.17, 15) is 4.79 Å². The summed E-state index contributed by atoms with van der Waals surface area (Å²) in [6, 6.07) is 3.62. The molecule has 4 heterocycles. The number of hydrogen-bond donors (Lipinski definition) is 1. The highest BCUT2D eigenvalue weighted by Gasteiger charge is 2.28. The molecule has 0 atom stereocenters. The average Bonchev–Trinajstić information content (AvgIpc) is 3.06. The minimum atomic E-state index is -0.187. The third kappa shape index (κ3) is 2.92. The number of hydrogen-bond acceptors (Lipinski definition) is 8. The predicted molar refractivity (Wildman–Crippen MR) is 104 cm³/mol. The number of furan rings is 1. The van der Waals surface area contributed by atoms with Crippen LogP contribution in [-0.4, -0.2) is 26.1 Å². The van der Waals surface area contributed by atoms with E-state index >= 15 is 0 Å². The van der Waals surface area contributed by atoms with E-state index in [4.69, 9.17) is 4.42 Å². The molecule has 1 aliphatic rings. The number of anilines is 1. The molecule has 4 aromatic heterocycles. The molecule has 9 heteroatoms. The summed E-state index contributed by atoms with van der Waals surface area (Å²) in [5, 5.41) is 13.6. The summed E-state index contributed by atoms with van der Waals surface area (Å²) < 4.78 is 5.40. The van der Waals surface area contributed by atoms with Gasteiger partial charge in [0.1, 0.15) is 9.84 Å². The Kier molecular flexibility index (Phi) is 3.80. The van der Waals surface area contributed by atoms with Crippen LogP contribution in [-0.2, 0) is 0 Å². The van der Waals surface area contributed by atoms with Gasteiger partial charge in [-0.15, -0.1) is 21.5 Å². The Labute approximate surface area is 162 Å². The molecule has 1 amide bonds. The Balaban J connectivity index is 1.49. The molecule has 5 rings (SSSR count). The third-order valence-corrected chi connectivity index (χ3v) is 6.69. The summed E-state index contributed by atoms with van der Waals surface area (Å²) in [5.74, 6) is 1.47. The highest BCUT2D eigenvalue weighted by atomic mass is 32.1. The van der Waals surface area contributed by atoms with Gasteiger partial charge >= 0.3 is 0 Å². The maximum absolute atomic E-state index is 12.8. The average molecular weight is 397 g/mol. The van der Waals surface area contributed by atoms with Crippen molar-refractivity contribution in [1.29, 1.82) is 0 Å². The van der Waals surface area contributed by atoms with E-state index in [1.165, 1.54) is 22.7 Å². The molecule has 0 saturated heterocycles. The van der Waals surface area contributed by atoms with Gasteiger partial charge in [0.2, 0.25) is 5.13 Å². The first kappa shape index (κ1) is 16.5. The largest absolute Gasteiger partial charge is 0.461 e. The van der Waals surface area contributed by atoms with Gasteiger partial charge in [-0.05, 0) is 44.4 Å². The molecule has 4 aromatic rings. The highest BCUT2D eigenvalue weighted by molar-refractivity contribution is 7.21. The fourth-order valence-electron chi connectivity index (χ4n) is 3.01. The van der Waals surface area contributed by atoms with Gasteiger partial charge in [0, 0.05) is 11.3 Å². The van der Waals surface area contributed by atoms with E-state index in [-0.39, 0.29) is 5.91 Å². The number of nitrogens with one attached hydrogen (secondary N) is 1. The highest BCUT2D eigenvalue weighted by Crippen LogP contribution is 2.42. The van der Waals surface area contributed by atoms with Crippen LogP contribution >= 0.6 is 22.7 Å². The summed E-state index contributed by atoms with van der Waals surface area (Å²) in [6.07, 6.45) is 3.91. The molecule has 136 valence electrons. The molecule has 0 radical (unpaired) electrons. The molecule has 7 nitrogen and oxygen atoms in total. The van der Waals surface area contributed by atoms with Gasteiger partial charge in [-0.25, -0.2) is 9.97 Å². The lowest BCUT2D eigenvalue weighted by atomic mass is 10.1. The second-order valence-corrected chi connectivity index (χ2v) is 8.53. The van der Waals surface area contributed by atoms with Crippen molar-refractivity contribution in [2.75, 3.05) is 5.32 Å². The fourth-order valence-corrected chi connectivity index (χ4v) is 5.04. The number of aromatic nitrogens is 4. The predicted octanol–water partition coefficient (Wildman–Crippen LogP) is 4.55. The topological polar surface area (TPSA) is 93.8 Å². The molecule has 1 aliphatic carbocycles. The number of carbonyl (C=O) groups excluding carboxylic acids is 1. The van der Waals surface area contributed by atoms with Crippen LogP contribution in [0, 0.1) is 13.8 Å². The lowest BCUT2D eigenvalue weighted by molar-refractivity contribution is 0.103. The van der Waals surface area contributed by atoms with E-state index < -0.39 is 0 Å². The zero-order valence-corrected chi connectivity index (χ0v) is 16.3. The Morgan fingerprint density at radius 2 is 2.07 bits per heavy atom. The van der Waals surface area contributed by atoms with Crippen molar-refractivity contribution in [3.8, 4) is 11.6 Å². The van der Waals surface area contributed by atoms with Crippen LogP contribution in [0.25, 0.3) is 21.8 Å². The molecule has 0 spiro atoms. The molecular formula is C18H15N5O2S2. The van der Waals surface area contributed by atoms with Gasteiger partial charge in [-0.2, -0.15) is 0 Å². The number of rotatable bonds is 4. The summed E-state index contributed by atoms with van der Waals surface area (Å²) in [5.41, 5.74) is 1.70. The van der Waals surface area contributed by atoms with Gasteiger partial charge in [-0.1, -0.05) is 11.3 Å². The van der Waals surface area contributed by atoms with Gasteiger partial charge in [0.15, 0.2) is 11.6 Å². The SMILES string of the molecule is Cc1nc(-c2ccco2)nc2sc(C(=O)Nc3nnc(C4CC4)s3)c(C)c12. The summed E-state index contributed by atoms with van der Waals surface area (Å²) in [6.45, 7) is 3.84. The van der Waals surface area contributed by atoms with Crippen LogP contribution in [0.1, 0.15) is 44.7 Å². The number of carbonyl (C=O) groups is 1. The quantitative estimate of drug-likeness (QED) is 0.543. The first-order valence-corrected chi connectivity index (χ1v) is 10.2. The molecule has 1 fully saturated rings. The zero-order valence-electron chi connectivity index (χ0n) is 14.6. The maximum Gasteiger partial charge on any atom is 0.267 e. The molecule has 1 N–H and O–H groups in total. The smallest absolute Gasteiger partial charge is 0.267 e. The normalized spacial score (nSPS) is 14.0. The van der Waals surface area contributed by atoms with Crippen LogP contribution in [0.15, 0.2) is 22.8 Å². The first-order valence-electron chi connectivity index (χ1n) is 8.56. The minimum absolute atomic E-state index is 0.187. The van der Waals surface area contributed by atoms with Crippen molar-refractivity contribution in [2.24, 2.45) is 0 Å². The third-order valence-electron chi connectivity index (χ3n) is 4.51. The van der Waals surface area contributed by atoms with E-state index in [1.54, 1.807) is 12.3 Å². The molecule has 27 heavy (non-hydrogen) atoms. The maximum atomic E-state index is 12.8. The van der Waals surface area contributed by atoms with Crippen LogP contribution in [0.3, 0.4) is 0 Å². The van der Waals surface area contributed by atoms with Crippen molar-refractivity contribution >= 4 is 43.9 Å². The van der Waals surface area contributed by atoms with Gasteiger partial charge in [-0.3, -0.25) is 10.1 Å². The Hall–Kier alpha value is -2.65. The zero-order chi connectivity index (χ0) is 18.5. The standard InChI is InChI=1S/C18H15N5O2S2/c1-8-12-9(2)19-14(11-4-3-7-25-11)20-17(12)26-13(8)15(24)21-18-23-22-16(27-18)10-5-6-10/h3-4,7,10H,5-6H2,1-2H3,(H,21,23,24).